The van der Waals surface area contributed by atoms with Crippen LogP contribution in [-0.2, 0) is 11.3 Å². The summed E-state index contributed by atoms with van der Waals surface area (Å²) in [5, 5.41) is 15.1. The van der Waals surface area contributed by atoms with E-state index < -0.39 is 12.2 Å². The molecule has 1 aliphatic rings. The van der Waals surface area contributed by atoms with Crippen molar-refractivity contribution in [2.24, 2.45) is 0 Å². The molecule has 1 aromatic heterocycles. The van der Waals surface area contributed by atoms with Crippen LogP contribution in [0.1, 0.15) is 16.1 Å². The third-order valence-corrected chi connectivity index (χ3v) is 5.84. The van der Waals surface area contributed by atoms with E-state index in [1.807, 2.05) is 6.07 Å². The molecule has 0 bridgehead atoms. The molecular formula is C23H27ClN4O3. The van der Waals surface area contributed by atoms with Crippen molar-refractivity contribution in [2.75, 3.05) is 45.2 Å². The number of nitrogens with one attached hydrogen (secondary N) is 2. The van der Waals surface area contributed by atoms with E-state index in [0.29, 0.717) is 17.3 Å². The van der Waals surface area contributed by atoms with Gasteiger partial charge in [-0.1, -0.05) is 41.9 Å². The molecule has 31 heavy (non-hydrogen) atoms. The van der Waals surface area contributed by atoms with Gasteiger partial charge in [-0.15, -0.1) is 0 Å². The molecule has 7 nitrogen and oxygen atoms in total. The number of piperazine rings is 1. The lowest BCUT2D eigenvalue weighted by atomic mass is 10.2. The number of aromatic amines is 1. The second-order valence-electron chi connectivity index (χ2n) is 7.78. The smallest absolute Gasteiger partial charge is 0.356 e. The van der Waals surface area contributed by atoms with Crippen molar-refractivity contribution in [3.63, 3.8) is 0 Å². The van der Waals surface area contributed by atoms with E-state index >= 15 is 0 Å². The van der Waals surface area contributed by atoms with Crippen LogP contribution in [0, 0.1) is 0 Å². The van der Waals surface area contributed by atoms with Crippen LogP contribution in [0.15, 0.2) is 48.5 Å². The number of halogens is 1. The number of nitrogens with zero attached hydrogens (tertiary/aromatic N) is 2. The minimum atomic E-state index is -0.845. The van der Waals surface area contributed by atoms with Crippen molar-refractivity contribution in [2.45, 2.75) is 12.8 Å². The molecule has 2 heterocycles. The Hall–Kier alpha value is -2.58. The molecule has 3 N–H and O–H groups in total. The first-order valence-corrected chi connectivity index (χ1v) is 10.7. The third-order valence-electron chi connectivity index (χ3n) is 5.61. The molecule has 0 saturated carbocycles. The SMILES string of the molecule is COC(=O)c1[nH]c2ccc(Cl)cc2c1NC(O)CN1CCN(Cc2ccccc2)CC1. The van der Waals surface area contributed by atoms with E-state index in [9.17, 15) is 9.90 Å². The second-order valence-corrected chi connectivity index (χ2v) is 8.22. The number of hydrogen-bond acceptors (Lipinski definition) is 6. The van der Waals surface area contributed by atoms with E-state index in [-0.39, 0.29) is 5.69 Å². The molecule has 4 rings (SSSR count). The predicted molar refractivity (Wildman–Crippen MR) is 122 cm³/mol. The fourth-order valence-electron chi connectivity index (χ4n) is 4.00. The summed E-state index contributed by atoms with van der Waals surface area (Å²) >= 11 is 6.14. The van der Waals surface area contributed by atoms with Crippen molar-refractivity contribution in [3.05, 3.63) is 64.8 Å². The summed E-state index contributed by atoms with van der Waals surface area (Å²) in [7, 11) is 1.33. The van der Waals surface area contributed by atoms with Crippen LogP contribution in [0.3, 0.4) is 0 Å². The number of aliphatic hydroxyl groups excluding tert-OH is 1. The number of anilines is 1. The van der Waals surface area contributed by atoms with E-state index in [2.05, 4.69) is 44.4 Å². The van der Waals surface area contributed by atoms with Gasteiger partial charge in [0.2, 0.25) is 0 Å². The molecule has 1 saturated heterocycles. The zero-order valence-electron chi connectivity index (χ0n) is 17.5. The summed E-state index contributed by atoms with van der Waals surface area (Å²) in [4.78, 5) is 19.9. The predicted octanol–water partition coefficient (Wildman–Crippen LogP) is 3.16. The van der Waals surface area contributed by atoms with E-state index in [0.717, 1.165) is 43.6 Å². The van der Waals surface area contributed by atoms with Crippen LogP contribution >= 0.6 is 11.6 Å². The summed E-state index contributed by atoms with van der Waals surface area (Å²) in [5.41, 5.74) is 2.83. The number of aliphatic hydroxyl groups is 1. The van der Waals surface area contributed by atoms with E-state index in [1.165, 1.54) is 12.7 Å². The maximum Gasteiger partial charge on any atom is 0.356 e. The highest BCUT2D eigenvalue weighted by Gasteiger charge is 2.23. The summed E-state index contributed by atoms with van der Waals surface area (Å²) in [5.74, 6) is -0.503. The fraction of sp³-hybridized carbons (Fsp3) is 0.348. The molecule has 164 valence electrons. The summed E-state index contributed by atoms with van der Waals surface area (Å²) in [6.45, 7) is 5.01. The maximum atomic E-state index is 12.2. The normalized spacial score (nSPS) is 16.4. The molecule has 1 unspecified atom stereocenters. The largest absolute Gasteiger partial charge is 0.464 e. The Morgan fingerprint density at radius 3 is 2.58 bits per heavy atom. The Balaban J connectivity index is 1.38. The lowest BCUT2D eigenvalue weighted by Gasteiger charge is -2.35. The average Bonchev–Trinajstić information content (AvgIpc) is 3.12. The zero-order valence-corrected chi connectivity index (χ0v) is 18.2. The Morgan fingerprint density at radius 1 is 1.16 bits per heavy atom. The molecular weight excluding hydrogens is 416 g/mol. The first kappa shape index (κ1) is 21.6. The van der Waals surface area contributed by atoms with Gasteiger partial charge in [-0.2, -0.15) is 0 Å². The van der Waals surface area contributed by atoms with Gasteiger partial charge < -0.3 is 20.1 Å². The van der Waals surface area contributed by atoms with Gasteiger partial charge in [0.15, 0.2) is 0 Å². The minimum absolute atomic E-state index is 0.270. The third kappa shape index (κ3) is 5.19. The van der Waals surface area contributed by atoms with Crippen molar-refractivity contribution in [1.29, 1.82) is 0 Å². The van der Waals surface area contributed by atoms with Crippen LogP contribution in [0.25, 0.3) is 10.9 Å². The summed E-state index contributed by atoms with van der Waals surface area (Å²) in [6, 6.07) is 15.8. The van der Waals surface area contributed by atoms with Crippen molar-refractivity contribution >= 4 is 34.2 Å². The van der Waals surface area contributed by atoms with Gasteiger partial charge in [-0.05, 0) is 23.8 Å². The number of rotatable bonds is 7. The first-order valence-electron chi connectivity index (χ1n) is 10.4. The molecule has 0 radical (unpaired) electrons. The van der Waals surface area contributed by atoms with Gasteiger partial charge in [0, 0.05) is 55.2 Å². The second kappa shape index (κ2) is 9.70. The molecule has 1 aliphatic heterocycles. The number of carbonyl (C=O) groups excluding carboxylic acids is 1. The minimum Gasteiger partial charge on any atom is -0.464 e. The Kier molecular flexibility index (Phi) is 6.77. The van der Waals surface area contributed by atoms with Crippen molar-refractivity contribution < 1.29 is 14.6 Å². The Labute approximate surface area is 186 Å². The van der Waals surface area contributed by atoms with Crippen molar-refractivity contribution in [3.8, 4) is 0 Å². The standard InChI is InChI=1S/C23H27ClN4O3/c1-31-23(30)22-21(18-13-17(24)7-8-19(18)25-22)26-20(29)15-28-11-9-27(10-12-28)14-16-5-3-2-4-6-16/h2-8,13,20,25-26,29H,9-12,14-15H2,1H3. The van der Waals surface area contributed by atoms with Gasteiger partial charge in [-0.25, -0.2) is 4.79 Å². The van der Waals surface area contributed by atoms with E-state index in [4.69, 9.17) is 16.3 Å². The number of β-amino-alcohol motifs (C(OH)–C–C–N with tert-alkyl or cyclic N) is 1. The van der Waals surface area contributed by atoms with E-state index in [1.54, 1.807) is 18.2 Å². The van der Waals surface area contributed by atoms with Gasteiger partial charge in [0.05, 0.1) is 12.8 Å². The number of ether oxygens (including phenoxy) is 1. The molecule has 8 heteroatoms. The lowest BCUT2D eigenvalue weighted by molar-refractivity contribution is 0.0595. The van der Waals surface area contributed by atoms with Gasteiger partial charge in [0.1, 0.15) is 11.9 Å². The number of esters is 1. The number of H-pyrrole nitrogens is 1. The number of methoxy groups -OCH3 is 1. The van der Waals surface area contributed by atoms with Gasteiger partial charge in [0.25, 0.3) is 0 Å². The van der Waals surface area contributed by atoms with Crippen LogP contribution < -0.4 is 5.32 Å². The monoisotopic (exact) mass is 442 g/mol. The molecule has 0 spiro atoms. The number of benzene rings is 2. The average molecular weight is 443 g/mol. The lowest BCUT2D eigenvalue weighted by Crippen LogP contribution is -2.49. The number of hydrogen-bond donors (Lipinski definition) is 3. The van der Waals surface area contributed by atoms with Crippen LogP contribution in [0.4, 0.5) is 5.69 Å². The highest BCUT2D eigenvalue weighted by atomic mass is 35.5. The van der Waals surface area contributed by atoms with Gasteiger partial charge in [-0.3, -0.25) is 9.80 Å². The van der Waals surface area contributed by atoms with Gasteiger partial charge >= 0.3 is 5.97 Å². The molecule has 1 atom stereocenters. The van der Waals surface area contributed by atoms with Crippen molar-refractivity contribution in [1.82, 2.24) is 14.8 Å². The molecule has 0 aliphatic carbocycles. The molecule has 3 aromatic rings. The Morgan fingerprint density at radius 2 is 1.87 bits per heavy atom. The van der Waals surface area contributed by atoms with Crippen LogP contribution in [0.2, 0.25) is 5.02 Å². The molecule has 0 amide bonds. The Bertz CT molecular complexity index is 1030. The quantitative estimate of drug-likeness (QED) is 0.385. The summed E-state index contributed by atoms with van der Waals surface area (Å²) < 4.78 is 4.89. The fourth-order valence-corrected chi connectivity index (χ4v) is 4.17. The zero-order chi connectivity index (χ0) is 21.8. The molecule has 2 aromatic carbocycles. The number of aromatic nitrogens is 1. The summed E-state index contributed by atoms with van der Waals surface area (Å²) in [6.07, 6.45) is -0.845. The number of carbonyl (C=O) groups is 1. The topological polar surface area (TPSA) is 80.8 Å². The molecule has 1 fully saturated rings. The van der Waals surface area contributed by atoms with Crippen LogP contribution in [-0.4, -0.2) is 71.9 Å². The first-order chi connectivity index (χ1) is 15.0. The maximum absolute atomic E-state index is 12.2. The van der Waals surface area contributed by atoms with Crippen LogP contribution in [0.5, 0.6) is 0 Å². The highest BCUT2D eigenvalue weighted by molar-refractivity contribution is 6.31. The highest BCUT2D eigenvalue weighted by Crippen LogP contribution is 2.31. The number of fused-ring (bicyclic) bond motifs is 1.